The van der Waals surface area contributed by atoms with Crippen molar-refractivity contribution < 1.29 is 4.79 Å². The van der Waals surface area contributed by atoms with E-state index in [1.807, 2.05) is 0 Å². The van der Waals surface area contributed by atoms with Gasteiger partial charge in [0.1, 0.15) is 5.69 Å². The van der Waals surface area contributed by atoms with E-state index in [0.29, 0.717) is 17.7 Å². The summed E-state index contributed by atoms with van der Waals surface area (Å²) in [6, 6.07) is 2.34. The molecule has 4 fully saturated rings. The maximum Gasteiger partial charge on any atom is 0.271 e. The third-order valence-electron chi connectivity index (χ3n) is 5.56. The van der Waals surface area contributed by atoms with Crippen LogP contribution < -0.4 is 0 Å². The van der Waals surface area contributed by atoms with Crippen LogP contribution in [0.3, 0.4) is 0 Å². The van der Waals surface area contributed by atoms with Gasteiger partial charge in [-0.2, -0.15) is 5.10 Å². The quantitative estimate of drug-likeness (QED) is 0.922. The van der Waals surface area contributed by atoms with Gasteiger partial charge in [-0.25, -0.2) is 0 Å². The molecule has 0 spiro atoms. The van der Waals surface area contributed by atoms with Crippen LogP contribution in [0.2, 0.25) is 0 Å². The SMILES string of the molecule is O=C(c1ccn[nH]1)N1C[C@H]2CC[C@@H](C1)N(CC1CCC1)C2. The molecule has 2 bridgehead atoms. The van der Waals surface area contributed by atoms with Crippen molar-refractivity contribution in [1.82, 2.24) is 20.0 Å². The molecule has 1 saturated carbocycles. The molecule has 1 aromatic rings. The van der Waals surface area contributed by atoms with Gasteiger partial charge in [-0.3, -0.25) is 14.8 Å². The van der Waals surface area contributed by atoms with Crippen molar-refractivity contribution in [3.63, 3.8) is 0 Å². The van der Waals surface area contributed by atoms with Gasteiger partial charge in [-0.1, -0.05) is 6.42 Å². The van der Waals surface area contributed by atoms with Crippen LogP contribution in [0.25, 0.3) is 0 Å². The predicted octanol–water partition coefficient (Wildman–Crippen LogP) is 1.75. The predicted molar refractivity (Wildman–Crippen MR) is 79.9 cm³/mol. The Morgan fingerprint density at radius 3 is 2.86 bits per heavy atom. The number of hydrogen-bond donors (Lipinski definition) is 1. The summed E-state index contributed by atoms with van der Waals surface area (Å²) in [7, 11) is 0. The summed E-state index contributed by atoms with van der Waals surface area (Å²) in [6.07, 6.45) is 8.41. The van der Waals surface area contributed by atoms with Gasteiger partial charge < -0.3 is 4.90 Å². The fourth-order valence-corrected chi connectivity index (χ4v) is 4.12. The highest BCUT2D eigenvalue weighted by atomic mass is 16.2. The zero-order valence-electron chi connectivity index (χ0n) is 12.5. The van der Waals surface area contributed by atoms with Gasteiger partial charge in [0, 0.05) is 38.4 Å². The standard InChI is InChI=1S/C16H24N4O/c21-16(15-6-7-17-18-15)20-10-13-4-5-14(11-20)19(9-13)8-12-2-1-3-12/h6-7,12-14H,1-5,8-11H2,(H,17,18)/t13-,14-/m0/s1. The van der Waals surface area contributed by atoms with E-state index in [4.69, 9.17) is 0 Å². The highest BCUT2D eigenvalue weighted by Gasteiger charge is 2.38. The molecule has 21 heavy (non-hydrogen) atoms. The Labute approximate surface area is 125 Å². The van der Waals surface area contributed by atoms with E-state index >= 15 is 0 Å². The molecule has 1 aromatic heterocycles. The summed E-state index contributed by atoms with van der Waals surface area (Å²) < 4.78 is 0. The van der Waals surface area contributed by atoms with Crippen LogP contribution in [0.1, 0.15) is 42.6 Å². The lowest BCUT2D eigenvalue weighted by Crippen LogP contribution is -2.47. The van der Waals surface area contributed by atoms with E-state index in [9.17, 15) is 4.79 Å². The molecule has 3 saturated heterocycles. The third-order valence-corrected chi connectivity index (χ3v) is 5.56. The smallest absolute Gasteiger partial charge is 0.271 e. The molecule has 114 valence electrons. The molecule has 3 aliphatic heterocycles. The number of hydrogen-bond acceptors (Lipinski definition) is 3. The second kappa shape index (κ2) is 5.44. The lowest BCUT2D eigenvalue weighted by atomic mass is 9.83. The number of fused-ring (bicyclic) bond motifs is 4. The number of aromatic amines is 1. The summed E-state index contributed by atoms with van der Waals surface area (Å²) in [5, 5.41) is 6.72. The van der Waals surface area contributed by atoms with E-state index in [-0.39, 0.29) is 5.91 Å². The van der Waals surface area contributed by atoms with Crippen molar-refractivity contribution >= 4 is 5.91 Å². The molecular formula is C16H24N4O. The van der Waals surface area contributed by atoms with Crippen LogP contribution in [-0.2, 0) is 0 Å². The largest absolute Gasteiger partial charge is 0.335 e. The Morgan fingerprint density at radius 1 is 1.24 bits per heavy atom. The average Bonchev–Trinajstić information content (AvgIpc) is 2.83. The number of amides is 1. The zero-order chi connectivity index (χ0) is 14.2. The lowest BCUT2D eigenvalue weighted by molar-refractivity contribution is 0.0712. The molecule has 4 heterocycles. The number of piperidine rings is 1. The van der Waals surface area contributed by atoms with Crippen LogP contribution in [0.5, 0.6) is 0 Å². The summed E-state index contributed by atoms with van der Waals surface area (Å²) >= 11 is 0. The summed E-state index contributed by atoms with van der Waals surface area (Å²) in [6.45, 7) is 4.25. The fraction of sp³-hybridized carbons (Fsp3) is 0.750. The highest BCUT2D eigenvalue weighted by Crippen LogP contribution is 2.33. The molecule has 1 N–H and O–H groups in total. The van der Waals surface area contributed by atoms with Crippen LogP contribution in [-0.4, -0.2) is 58.1 Å². The van der Waals surface area contributed by atoms with Gasteiger partial charge in [0.25, 0.3) is 5.91 Å². The van der Waals surface area contributed by atoms with Crippen LogP contribution >= 0.6 is 0 Å². The van der Waals surface area contributed by atoms with Crippen molar-refractivity contribution in [3.8, 4) is 0 Å². The minimum absolute atomic E-state index is 0.120. The molecule has 5 heteroatoms. The number of carbonyl (C=O) groups excluding carboxylic acids is 1. The van der Waals surface area contributed by atoms with Crippen molar-refractivity contribution in [2.24, 2.45) is 11.8 Å². The van der Waals surface area contributed by atoms with Crippen molar-refractivity contribution in [3.05, 3.63) is 18.0 Å². The van der Waals surface area contributed by atoms with Gasteiger partial charge in [-0.05, 0) is 43.6 Å². The Kier molecular flexibility index (Phi) is 3.45. The lowest BCUT2D eigenvalue weighted by Gasteiger charge is -2.40. The number of nitrogens with one attached hydrogen (secondary N) is 1. The van der Waals surface area contributed by atoms with E-state index in [1.165, 1.54) is 45.2 Å². The first kappa shape index (κ1) is 13.3. The van der Waals surface area contributed by atoms with Gasteiger partial charge in [0.2, 0.25) is 0 Å². The topological polar surface area (TPSA) is 52.2 Å². The first-order valence-electron chi connectivity index (χ1n) is 8.32. The average molecular weight is 288 g/mol. The molecule has 0 radical (unpaired) electrons. The first-order chi connectivity index (χ1) is 10.3. The molecule has 1 amide bonds. The van der Waals surface area contributed by atoms with Crippen molar-refractivity contribution in [2.75, 3.05) is 26.2 Å². The Balaban J connectivity index is 1.46. The number of aromatic nitrogens is 2. The Bertz CT molecular complexity index is 496. The number of H-pyrrole nitrogens is 1. The minimum atomic E-state index is 0.120. The number of nitrogens with zero attached hydrogens (tertiary/aromatic N) is 3. The fourth-order valence-electron chi connectivity index (χ4n) is 4.12. The molecule has 2 atom stereocenters. The summed E-state index contributed by atoms with van der Waals surface area (Å²) in [4.78, 5) is 17.3. The van der Waals surface area contributed by atoms with Gasteiger partial charge in [0.05, 0.1) is 0 Å². The maximum atomic E-state index is 12.6. The molecule has 5 nitrogen and oxygen atoms in total. The first-order valence-corrected chi connectivity index (χ1v) is 8.32. The number of carbonyl (C=O) groups is 1. The Hall–Kier alpha value is -1.36. The molecular weight excluding hydrogens is 264 g/mol. The molecule has 1 aliphatic carbocycles. The van der Waals surface area contributed by atoms with E-state index < -0.39 is 0 Å². The van der Waals surface area contributed by atoms with E-state index in [2.05, 4.69) is 20.0 Å². The van der Waals surface area contributed by atoms with Crippen molar-refractivity contribution in [1.29, 1.82) is 0 Å². The zero-order valence-corrected chi connectivity index (χ0v) is 12.5. The van der Waals surface area contributed by atoms with E-state index in [0.717, 1.165) is 19.0 Å². The van der Waals surface area contributed by atoms with Gasteiger partial charge in [-0.15, -0.1) is 0 Å². The summed E-state index contributed by atoms with van der Waals surface area (Å²) in [5.74, 6) is 1.69. The highest BCUT2D eigenvalue weighted by molar-refractivity contribution is 5.92. The van der Waals surface area contributed by atoms with Crippen LogP contribution in [0.15, 0.2) is 12.3 Å². The molecule has 0 unspecified atom stereocenters. The normalized spacial score (nSPS) is 30.2. The van der Waals surface area contributed by atoms with E-state index in [1.54, 1.807) is 12.3 Å². The second-order valence-corrected chi connectivity index (χ2v) is 7.03. The molecule has 0 aromatic carbocycles. The van der Waals surface area contributed by atoms with Gasteiger partial charge >= 0.3 is 0 Å². The monoisotopic (exact) mass is 288 g/mol. The maximum absolute atomic E-state index is 12.6. The van der Waals surface area contributed by atoms with Crippen LogP contribution in [0, 0.1) is 11.8 Å². The summed E-state index contributed by atoms with van der Waals surface area (Å²) in [5.41, 5.74) is 0.627. The second-order valence-electron chi connectivity index (χ2n) is 7.03. The molecule has 5 rings (SSSR count). The third kappa shape index (κ3) is 2.59. The van der Waals surface area contributed by atoms with Crippen LogP contribution in [0.4, 0.5) is 0 Å². The van der Waals surface area contributed by atoms with Crippen molar-refractivity contribution in [2.45, 2.75) is 38.1 Å². The number of rotatable bonds is 3. The van der Waals surface area contributed by atoms with Gasteiger partial charge in [0.15, 0.2) is 0 Å². The minimum Gasteiger partial charge on any atom is -0.335 e. The molecule has 4 aliphatic rings. The Morgan fingerprint density at radius 2 is 2.14 bits per heavy atom.